The molecule has 0 atom stereocenters. The van der Waals surface area contributed by atoms with Crippen LogP contribution in [0, 0.1) is 55.4 Å². The van der Waals surface area contributed by atoms with Gasteiger partial charge in [-0.15, -0.1) is 0 Å². The molecule has 0 heterocycles. The van der Waals surface area contributed by atoms with E-state index < -0.39 is 0 Å². The van der Waals surface area contributed by atoms with Crippen LogP contribution in [0.25, 0.3) is 50.1 Å². The van der Waals surface area contributed by atoms with Gasteiger partial charge in [0.25, 0.3) is 0 Å². The Labute approximate surface area is 389 Å². The van der Waals surface area contributed by atoms with Crippen LogP contribution in [-0.4, -0.2) is 0 Å². The van der Waals surface area contributed by atoms with Crippen molar-refractivity contribution in [1.29, 1.82) is 0 Å². The quantitative estimate of drug-likeness (QED) is 0.156. The smallest absolute Gasteiger partial charge is 0.0152 e. The zero-order valence-corrected chi connectivity index (χ0v) is 41.5. The van der Waals surface area contributed by atoms with Crippen molar-refractivity contribution < 1.29 is 0 Å². The van der Waals surface area contributed by atoms with Crippen molar-refractivity contribution in [2.24, 2.45) is 0 Å². The summed E-state index contributed by atoms with van der Waals surface area (Å²) in [6, 6.07) is 64.8. The summed E-state index contributed by atoms with van der Waals surface area (Å²) >= 11 is 0. The molecule has 8 aromatic rings. The van der Waals surface area contributed by atoms with Crippen molar-refractivity contribution in [1.82, 2.24) is 0 Å². The molecule has 0 bridgehead atoms. The second-order valence-electron chi connectivity index (χ2n) is 15.5. The molecule has 0 amide bonds. The van der Waals surface area contributed by atoms with Gasteiger partial charge in [0, 0.05) is 0 Å². The highest BCUT2D eigenvalue weighted by Gasteiger charge is 2.11. The summed E-state index contributed by atoms with van der Waals surface area (Å²) in [5.74, 6) is 0. The van der Waals surface area contributed by atoms with Gasteiger partial charge in [0.2, 0.25) is 0 Å². The number of benzene rings is 8. The molecule has 0 N–H and O–H groups in total. The molecule has 8 rings (SSSR count). The predicted octanol–water partition coefficient (Wildman–Crippen LogP) is 19.3. The monoisotopic (exact) mass is 843 g/mol. The summed E-state index contributed by atoms with van der Waals surface area (Å²) in [6.45, 7) is 33.7. The Balaban J connectivity index is 0.000000267. The van der Waals surface area contributed by atoms with Crippen molar-refractivity contribution in [2.45, 2.75) is 96.9 Å². The zero-order chi connectivity index (χ0) is 47.2. The Hall–Kier alpha value is -6.50. The van der Waals surface area contributed by atoms with Crippen molar-refractivity contribution >= 4 is 5.57 Å². The summed E-state index contributed by atoms with van der Waals surface area (Å²) < 4.78 is 0. The van der Waals surface area contributed by atoms with Gasteiger partial charge in [0.05, 0.1) is 0 Å². The van der Waals surface area contributed by atoms with Crippen LogP contribution >= 0.6 is 0 Å². The van der Waals surface area contributed by atoms with Crippen LogP contribution < -0.4 is 0 Å². The number of hydrogen-bond donors (Lipinski definition) is 0. The number of hydrogen-bond acceptors (Lipinski definition) is 0. The maximum absolute atomic E-state index is 4.44. The summed E-state index contributed by atoms with van der Waals surface area (Å²) in [5.41, 5.74) is 24.2. The third-order valence-corrected chi connectivity index (χ3v) is 11.0. The van der Waals surface area contributed by atoms with Crippen LogP contribution in [0.5, 0.6) is 0 Å². The van der Waals surface area contributed by atoms with Crippen molar-refractivity contribution in [2.75, 3.05) is 0 Å². The molecule has 0 aliphatic rings. The van der Waals surface area contributed by atoms with Gasteiger partial charge in [0.15, 0.2) is 0 Å². The van der Waals surface area contributed by atoms with Gasteiger partial charge < -0.3 is 0 Å². The Morgan fingerprint density at radius 1 is 0.266 bits per heavy atom. The summed E-state index contributed by atoms with van der Waals surface area (Å²) in [4.78, 5) is 0. The molecular formula is C64H74. The first kappa shape index (κ1) is 51.8. The van der Waals surface area contributed by atoms with Crippen LogP contribution in [0.1, 0.15) is 97.2 Å². The molecule has 0 aromatic heterocycles. The molecule has 64 heavy (non-hydrogen) atoms. The van der Waals surface area contributed by atoms with E-state index >= 15 is 0 Å². The van der Waals surface area contributed by atoms with E-state index in [-0.39, 0.29) is 0 Å². The van der Waals surface area contributed by atoms with Gasteiger partial charge in [-0.2, -0.15) is 0 Å². The molecule has 0 heteroatoms. The highest BCUT2D eigenvalue weighted by Crippen LogP contribution is 2.33. The van der Waals surface area contributed by atoms with Gasteiger partial charge in [-0.3, -0.25) is 0 Å². The highest BCUT2D eigenvalue weighted by molar-refractivity contribution is 5.84. The van der Waals surface area contributed by atoms with Gasteiger partial charge >= 0.3 is 0 Å². The van der Waals surface area contributed by atoms with E-state index in [0.717, 1.165) is 5.57 Å². The van der Waals surface area contributed by atoms with Gasteiger partial charge in [0.1, 0.15) is 0 Å². The minimum atomic E-state index is 1.08. The lowest BCUT2D eigenvalue weighted by Crippen LogP contribution is -1.94. The average molecular weight is 843 g/mol. The molecule has 0 unspecified atom stereocenters. The molecule has 0 aliphatic heterocycles. The number of aryl methyl sites for hydroxylation is 8. The van der Waals surface area contributed by atoms with Crippen LogP contribution in [-0.2, 0) is 0 Å². The summed E-state index contributed by atoms with van der Waals surface area (Å²) in [6.07, 6.45) is 0. The fourth-order valence-corrected chi connectivity index (χ4v) is 7.50. The number of rotatable bonds is 6. The average Bonchev–Trinajstić information content (AvgIpc) is 3.32. The molecular weight excluding hydrogens is 769 g/mol. The highest BCUT2D eigenvalue weighted by atomic mass is 14.2. The van der Waals surface area contributed by atoms with E-state index in [4.69, 9.17) is 0 Å². The second-order valence-corrected chi connectivity index (χ2v) is 15.5. The standard InChI is InChI=1S/C30H28.2C14H14.3C2H6/c1-20-6-10-25(11-7-20)27-14-16-29(22(3)18-27)24(5)30-17-15-28(19-23(30)4)26-12-8-21(2)9-13-26;2*1-11-7-3-5-9-13(11)14-10-6-4-8-12(14)2;3*1-2/h6-19H,5H2,1-4H3;2*3-10H,1-2H3;3*1-2H3. The normalized spacial score (nSPS) is 9.78. The van der Waals surface area contributed by atoms with Gasteiger partial charge in [-0.05, 0) is 150 Å². The Morgan fingerprint density at radius 2 is 0.500 bits per heavy atom. The first-order valence-electron chi connectivity index (χ1n) is 23.3. The molecule has 8 aromatic carbocycles. The first-order chi connectivity index (χ1) is 31.0. The molecule has 0 saturated carbocycles. The second kappa shape index (κ2) is 26.9. The molecule has 0 aliphatic carbocycles. The molecule has 0 nitrogen and oxygen atoms in total. The Bertz CT molecular complexity index is 2360. The molecule has 0 fully saturated rings. The lowest BCUT2D eigenvalue weighted by Gasteiger charge is -2.15. The Morgan fingerprint density at radius 3 is 0.734 bits per heavy atom. The van der Waals surface area contributed by atoms with Crippen LogP contribution in [0.3, 0.4) is 0 Å². The van der Waals surface area contributed by atoms with E-state index in [1.165, 1.54) is 100 Å². The van der Waals surface area contributed by atoms with Crippen LogP contribution in [0.2, 0.25) is 0 Å². The fourth-order valence-electron chi connectivity index (χ4n) is 7.50. The largest absolute Gasteiger partial charge is 0.0905 e. The third kappa shape index (κ3) is 14.3. The SMILES string of the molecule is C=C(c1ccc(-c2ccc(C)cc2)cc1C)c1ccc(-c2ccc(C)cc2)cc1C.CC.CC.CC.Cc1ccccc1-c1ccccc1C.Cc1ccccc1-c1ccccc1C. The molecule has 0 saturated heterocycles. The third-order valence-electron chi connectivity index (χ3n) is 11.0. The fraction of sp³-hybridized carbons (Fsp3) is 0.219. The van der Waals surface area contributed by atoms with Crippen molar-refractivity contribution in [3.05, 3.63) is 244 Å². The van der Waals surface area contributed by atoms with Gasteiger partial charge in [-0.1, -0.05) is 241 Å². The zero-order valence-electron chi connectivity index (χ0n) is 41.5. The van der Waals surface area contributed by atoms with Crippen molar-refractivity contribution in [3.63, 3.8) is 0 Å². The minimum Gasteiger partial charge on any atom is -0.0905 e. The van der Waals surface area contributed by atoms with Gasteiger partial charge in [-0.25, -0.2) is 0 Å². The van der Waals surface area contributed by atoms with E-state index in [2.05, 4.69) is 244 Å². The maximum Gasteiger partial charge on any atom is -0.0152 e. The van der Waals surface area contributed by atoms with E-state index in [1.807, 2.05) is 41.5 Å². The summed E-state index contributed by atoms with van der Waals surface area (Å²) in [7, 11) is 0. The van der Waals surface area contributed by atoms with E-state index in [9.17, 15) is 0 Å². The molecule has 0 radical (unpaired) electrons. The van der Waals surface area contributed by atoms with Crippen LogP contribution in [0.4, 0.5) is 0 Å². The lowest BCUT2D eigenvalue weighted by atomic mass is 9.89. The molecule has 0 spiro atoms. The van der Waals surface area contributed by atoms with Crippen LogP contribution in [0.15, 0.2) is 189 Å². The van der Waals surface area contributed by atoms with E-state index in [0.29, 0.717) is 0 Å². The Kier molecular flexibility index (Phi) is 21.8. The molecule has 330 valence electrons. The maximum atomic E-state index is 4.44. The topological polar surface area (TPSA) is 0 Å². The lowest BCUT2D eigenvalue weighted by molar-refractivity contribution is 1.37. The summed E-state index contributed by atoms with van der Waals surface area (Å²) in [5, 5.41) is 0. The first-order valence-corrected chi connectivity index (χ1v) is 23.3. The van der Waals surface area contributed by atoms with Crippen molar-refractivity contribution in [3.8, 4) is 44.5 Å². The minimum absolute atomic E-state index is 1.08. The van der Waals surface area contributed by atoms with E-state index in [1.54, 1.807) is 0 Å². The predicted molar refractivity (Wildman–Crippen MR) is 288 cm³/mol.